The maximum atomic E-state index is 12.8. The molecule has 1 aromatic rings. The molecule has 9 heteroatoms. The molecule has 1 saturated heterocycles. The zero-order valence-electron chi connectivity index (χ0n) is 17.1. The number of methoxy groups -OCH3 is 1. The van der Waals surface area contributed by atoms with Crippen LogP contribution in [0.4, 0.5) is 5.69 Å². The van der Waals surface area contributed by atoms with Crippen LogP contribution >= 0.6 is 12.4 Å². The summed E-state index contributed by atoms with van der Waals surface area (Å²) in [6, 6.07) is 5.82. The molecule has 0 aromatic heterocycles. The Balaban J connectivity index is 0.00000420. The van der Waals surface area contributed by atoms with Gasteiger partial charge in [-0.05, 0) is 64.0 Å². The molecule has 29 heavy (non-hydrogen) atoms. The topological polar surface area (TPSA) is 106 Å². The quantitative estimate of drug-likeness (QED) is 0.546. The molecule has 1 unspecified atom stereocenters. The number of hydrogen-bond acceptors (Lipinski definition) is 6. The predicted octanol–water partition coefficient (Wildman–Crippen LogP) is 1.74. The van der Waals surface area contributed by atoms with Gasteiger partial charge in [-0.1, -0.05) is 0 Å². The molecule has 1 heterocycles. The maximum Gasteiger partial charge on any atom is 0.328 e. The van der Waals surface area contributed by atoms with Gasteiger partial charge in [0.05, 0.1) is 18.6 Å². The molecular formula is C20H30ClN3O5. The first-order valence-electron chi connectivity index (χ1n) is 9.50. The van der Waals surface area contributed by atoms with Crippen molar-refractivity contribution in [2.24, 2.45) is 5.41 Å². The zero-order chi connectivity index (χ0) is 20.6. The highest BCUT2D eigenvalue weighted by Gasteiger charge is 2.39. The lowest BCUT2D eigenvalue weighted by molar-refractivity contribution is -0.144. The van der Waals surface area contributed by atoms with Crippen LogP contribution in [0, 0.1) is 5.41 Å². The standard InChI is InChI=1S/C20H29N3O5.ClH/c1-4-28-18(25)14(2)22-17(24)15-5-7-16(8-6-15)23-19(26)20(13-27-3)9-11-21-12-10-20;/h5-8,14,21H,4,9-13H2,1-3H3,(H,22,24)(H,23,26);1H. The molecule has 1 atom stereocenters. The van der Waals surface area contributed by atoms with Crippen molar-refractivity contribution in [3.63, 3.8) is 0 Å². The van der Waals surface area contributed by atoms with Crippen LogP contribution < -0.4 is 16.0 Å². The van der Waals surface area contributed by atoms with Gasteiger partial charge in [-0.15, -0.1) is 12.4 Å². The van der Waals surface area contributed by atoms with E-state index < -0.39 is 17.4 Å². The number of carbonyl (C=O) groups is 3. The van der Waals surface area contributed by atoms with E-state index >= 15 is 0 Å². The third-order valence-corrected chi connectivity index (χ3v) is 4.86. The van der Waals surface area contributed by atoms with Crippen molar-refractivity contribution in [1.29, 1.82) is 0 Å². The number of nitrogens with one attached hydrogen (secondary N) is 3. The van der Waals surface area contributed by atoms with Gasteiger partial charge in [0, 0.05) is 18.4 Å². The van der Waals surface area contributed by atoms with E-state index in [1.807, 2.05) is 0 Å². The van der Waals surface area contributed by atoms with Crippen molar-refractivity contribution >= 4 is 35.9 Å². The third kappa shape index (κ3) is 6.69. The molecule has 162 valence electrons. The van der Waals surface area contributed by atoms with Crippen molar-refractivity contribution in [1.82, 2.24) is 10.6 Å². The Kier molecular flexibility index (Phi) is 10.1. The number of ether oxygens (including phenoxy) is 2. The summed E-state index contributed by atoms with van der Waals surface area (Å²) < 4.78 is 10.2. The number of benzene rings is 1. The first kappa shape index (κ1) is 24.9. The molecule has 0 bridgehead atoms. The van der Waals surface area contributed by atoms with Gasteiger partial charge in [-0.3, -0.25) is 9.59 Å². The summed E-state index contributed by atoms with van der Waals surface area (Å²) in [5.41, 5.74) is 0.446. The second kappa shape index (κ2) is 11.7. The monoisotopic (exact) mass is 427 g/mol. The normalized spacial score (nSPS) is 16.1. The minimum Gasteiger partial charge on any atom is -0.464 e. The molecule has 1 aliphatic heterocycles. The number of esters is 1. The lowest BCUT2D eigenvalue weighted by Gasteiger charge is -2.35. The van der Waals surface area contributed by atoms with Gasteiger partial charge in [0.25, 0.3) is 5.91 Å². The third-order valence-electron chi connectivity index (χ3n) is 4.86. The molecule has 3 N–H and O–H groups in total. The molecule has 0 aliphatic carbocycles. The number of anilines is 1. The highest BCUT2D eigenvalue weighted by atomic mass is 35.5. The summed E-state index contributed by atoms with van der Waals surface area (Å²) in [6.45, 7) is 5.45. The number of carbonyl (C=O) groups excluding carboxylic acids is 3. The predicted molar refractivity (Wildman–Crippen MR) is 112 cm³/mol. The van der Waals surface area contributed by atoms with Crippen LogP contribution in [0.15, 0.2) is 24.3 Å². The van der Waals surface area contributed by atoms with Gasteiger partial charge < -0.3 is 25.4 Å². The van der Waals surface area contributed by atoms with Crippen LogP contribution in [0.5, 0.6) is 0 Å². The summed E-state index contributed by atoms with van der Waals surface area (Å²) in [5, 5.41) is 8.77. The van der Waals surface area contributed by atoms with Crippen LogP contribution in [0.25, 0.3) is 0 Å². The molecule has 1 aliphatic rings. The first-order chi connectivity index (χ1) is 13.4. The Morgan fingerprint density at radius 3 is 2.34 bits per heavy atom. The summed E-state index contributed by atoms with van der Waals surface area (Å²) in [5.74, 6) is -0.943. The average molecular weight is 428 g/mol. The zero-order valence-corrected chi connectivity index (χ0v) is 17.9. The number of halogens is 1. The molecule has 0 saturated carbocycles. The Hall–Kier alpha value is -2.16. The Bertz CT molecular complexity index is 684. The van der Waals surface area contributed by atoms with E-state index in [0.717, 1.165) is 13.1 Å². The SMILES string of the molecule is CCOC(=O)C(C)NC(=O)c1ccc(NC(=O)C2(COC)CCNCC2)cc1.Cl. The van der Waals surface area contributed by atoms with Crippen molar-refractivity contribution in [2.75, 3.05) is 38.7 Å². The smallest absolute Gasteiger partial charge is 0.328 e. The average Bonchev–Trinajstić information content (AvgIpc) is 2.69. The van der Waals surface area contributed by atoms with Crippen molar-refractivity contribution in [2.45, 2.75) is 32.7 Å². The summed E-state index contributed by atoms with van der Waals surface area (Å²) in [6.07, 6.45) is 1.41. The van der Waals surface area contributed by atoms with Gasteiger partial charge in [0.1, 0.15) is 6.04 Å². The van der Waals surface area contributed by atoms with Gasteiger partial charge in [0.15, 0.2) is 0 Å². The van der Waals surface area contributed by atoms with E-state index in [1.54, 1.807) is 45.2 Å². The molecule has 0 radical (unpaired) electrons. The number of amides is 2. The van der Waals surface area contributed by atoms with Gasteiger partial charge in [-0.2, -0.15) is 0 Å². The largest absolute Gasteiger partial charge is 0.464 e. The van der Waals surface area contributed by atoms with E-state index in [0.29, 0.717) is 30.7 Å². The lowest BCUT2D eigenvalue weighted by Crippen LogP contribution is -2.47. The van der Waals surface area contributed by atoms with E-state index in [4.69, 9.17) is 9.47 Å². The molecule has 1 aromatic carbocycles. The van der Waals surface area contributed by atoms with Crippen LogP contribution in [0.3, 0.4) is 0 Å². The molecule has 8 nitrogen and oxygen atoms in total. The minimum atomic E-state index is -0.736. The number of rotatable bonds is 8. The summed E-state index contributed by atoms with van der Waals surface area (Å²) in [4.78, 5) is 36.7. The van der Waals surface area contributed by atoms with E-state index in [1.165, 1.54) is 0 Å². The number of hydrogen-bond donors (Lipinski definition) is 3. The van der Waals surface area contributed by atoms with Crippen molar-refractivity contribution in [3.8, 4) is 0 Å². The van der Waals surface area contributed by atoms with Gasteiger partial charge >= 0.3 is 5.97 Å². The summed E-state index contributed by atoms with van der Waals surface area (Å²) in [7, 11) is 1.60. The second-order valence-corrected chi connectivity index (χ2v) is 6.94. The molecule has 2 amide bonds. The van der Waals surface area contributed by atoms with Crippen LogP contribution in [-0.4, -0.2) is 57.2 Å². The fraction of sp³-hybridized carbons (Fsp3) is 0.550. The van der Waals surface area contributed by atoms with Crippen LogP contribution in [0.2, 0.25) is 0 Å². The molecule has 2 rings (SSSR count). The Morgan fingerprint density at radius 1 is 1.17 bits per heavy atom. The Labute approximate surface area is 177 Å². The minimum absolute atomic E-state index is 0. The first-order valence-corrected chi connectivity index (χ1v) is 9.50. The van der Waals surface area contributed by atoms with E-state index in [2.05, 4.69) is 16.0 Å². The van der Waals surface area contributed by atoms with Crippen molar-refractivity contribution in [3.05, 3.63) is 29.8 Å². The summed E-state index contributed by atoms with van der Waals surface area (Å²) >= 11 is 0. The highest BCUT2D eigenvalue weighted by Crippen LogP contribution is 2.31. The van der Waals surface area contributed by atoms with Crippen molar-refractivity contribution < 1.29 is 23.9 Å². The van der Waals surface area contributed by atoms with E-state index in [-0.39, 0.29) is 30.8 Å². The highest BCUT2D eigenvalue weighted by molar-refractivity contribution is 5.98. The Morgan fingerprint density at radius 2 is 1.79 bits per heavy atom. The fourth-order valence-corrected chi connectivity index (χ4v) is 3.19. The second-order valence-electron chi connectivity index (χ2n) is 6.94. The van der Waals surface area contributed by atoms with Crippen LogP contribution in [-0.2, 0) is 19.1 Å². The molecule has 0 spiro atoms. The molecular weight excluding hydrogens is 398 g/mol. The lowest BCUT2D eigenvalue weighted by atomic mass is 9.78. The van der Waals surface area contributed by atoms with Gasteiger partial charge in [0.2, 0.25) is 5.91 Å². The van der Waals surface area contributed by atoms with E-state index in [9.17, 15) is 14.4 Å². The fourth-order valence-electron chi connectivity index (χ4n) is 3.19. The maximum absolute atomic E-state index is 12.8. The molecule has 1 fully saturated rings. The van der Waals surface area contributed by atoms with Crippen LogP contribution in [0.1, 0.15) is 37.0 Å². The van der Waals surface area contributed by atoms with Gasteiger partial charge in [-0.25, -0.2) is 4.79 Å². The number of piperidine rings is 1.